The number of hydrogen-bond donors (Lipinski definition) is 2. The number of hydrogen-bond acceptors (Lipinski definition) is 5. The first-order valence-electron chi connectivity index (χ1n) is 6.85. The van der Waals surface area contributed by atoms with Gasteiger partial charge in [0.1, 0.15) is 18.2 Å². The molecule has 0 amide bonds. The lowest BCUT2D eigenvalue weighted by atomic mass is 10.1. The van der Waals surface area contributed by atoms with Gasteiger partial charge in [0.25, 0.3) is 0 Å². The van der Waals surface area contributed by atoms with Crippen molar-refractivity contribution in [2.45, 2.75) is 6.04 Å². The summed E-state index contributed by atoms with van der Waals surface area (Å²) in [4.78, 5) is 8.93. The number of benzene rings is 1. The molecule has 1 unspecified atom stereocenters. The van der Waals surface area contributed by atoms with Crippen molar-refractivity contribution in [1.29, 1.82) is 0 Å². The minimum atomic E-state index is 0.0845. The maximum absolute atomic E-state index is 5.70. The zero-order valence-corrected chi connectivity index (χ0v) is 11.6. The van der Waals surface area contributed by atoms with Gasteiger partial charge >= 0.3 is 0 Å². The van der Waals surface area contributed by atoms with Crippen LogP contribution in [0.4, 0.5) is 11.6 Å². The Kier molecular flexibility index (Phi) is 2.67. The molecule has 3 aromatic rings. The maximum Gasteiger partial charge on any atom is 0.180 e. The number of para-hydroxylation sites is 1. The van der Waals surface area contributed by atoms with Gasteiger partial charge in [0, 0.05) is 25.0 Å². The molecule has 21 heavy (non-hydrogen) atoms. The molecule has 0 saturated carbocycles. The van der Waals surface area contributed by atoms with Crippen molar-refractivity contribution >= 4 is 17.3 Å². The summed E-state index contributed by atoms with van der Waals surface area (Å²) >= 11 is 0. The van der Waals surface area contributed by atoms with Gasteiger partial charge in [-0.1, -0.05) is 18.2 Å². The number of aromatic nitrogens is 3. The smallest absolute Gasteiger partial charge is 0.180 e. The second-order valence-corrected chi connectivity index (χ2v) is 4.93. The first-order valence-corrected chi connectivity index (χ1v) is 6.85. The van der Waals surface area contributed by atoms with Crippen molar-refractivity contribution in [2.24, 2.45) is 0 Å². The maximum atomic E-state index is 5.70. The molecule has 1 aliphatic heterocycles. The summed E-state index contributed by atoms with van der Waals surface area (Å²) in [6.07, 6.45) is 5.58. The molecule has 0 fully saturated rings. The van der Waals surface area contributed by atoms with Crippen LogP contribution < -0.4 is 15.4 Å². The lowest BCUT2D eigenvalue weighted by Crippen LogP contribution is -2.14. The molecule has 1 aromatic carbocycles. The summed E-state index contributed by atoms with van der Waals surface area (Å²) in [7, 11) is 1.85. The van der Waals surface area contributed by atoms with E-state index in [-0.39, 0.29) is 6.04 Å². The first-order chi connectivity index (χ1) is 10.3. The monoisotopic (exact) mass is 281 g/mol. The molecular weight excluding hydrogens is 266 g/mol. The van der Waals surface area contributed by atoms with Crippen LogP contribution in [0.15, 0.2) is 42.9 Å². The van der Waals surface area contributed by atoms with E-state index in [2.05, 4.69) is 26.7 Å². The van der Waals surface area contributed by atoms with Crippen LogP contribution in [0, 0.1) is 0 Å². The number of fused-ring (bicyclic) bond motifs is 2. The van der Waals surface area contributed by atoms with Gasteiger partial charge in [-0.15, -0.1) is 0 Å². The largest absolute Gasteiger partial charge is 0.491 e. The van der Waals surface area contributed by atoms with Gasteiger partial charge in [0.05, 0.1) is 12.2 Å². The van der Waals surface area contributed by atoms with Gasteiger partial charge < -0.3 is 19.8 Å². The summed E-state index contributed by atoms with van der Waals surface area (Å²) in [6.45, 7) is 0.595. The zero-order valence-electron chi connectivity index (χ0n) is 11.6. The average Bonchev–Trinajstić information content (AvgIpc) is 3.14. The Bertz CT molecular complexity index is 798. The Morgan fingerprint density at radius 3 is 3.14 bits per heavy atom. The highest BCUT2D eigenvalue weighted by Crippen LogP contribution is 2.34. The van der Waals surface area contributed by atoms with Crippen molar-refractivity contribution in [1.82, 2.24) is 14.4 Å². The van der Waals surface area contributed by atoms with E-state index in [0.29, 0.717) is 6.61 Å². The molecule has 0 bridgehead atoms. The van der Waals surface area contributed by atoms with Crippen molar-refractivity contribution in [3.63, 3.8) is 0 Å². The molecule has 106 valence electrons. The van der Waals surface area contributed by atoms with Crippen LogP contribution in [0.25, 0.3) is 5.65 Å². The lowest BCUT2D eigenvalue weighted by Gasteiger charge is -2.14. The van der Waals surface area contributed by atoms with Crippen LogP contribution >= 0.6 is 0 Å². The fraction of sp³-hybridized carbons (Fsp3) is 0.200. The van der Waals surface area contributed by atoms with Gasteiger partial charge in [-0.3, -0.25) is 0 Å². The van der Waals surface area contributed by atoms with Crippen LogP contribution in [-0.4, -0.2) is 28.0 Å². The second kappa shape index (κ2) is 4.66. The third-order valence-electron chi connectivity index (χ3n) is 3.64. The van der Waals surface area contributed by atoms with E-state index in [1.807, 2.05) is 42.0 Å². The Morgan fingerprint density at radius 1 is 1.33 bits per heavy atom. The summed E-state index contributed by atoms with van der Waals surface area (Å²) in [5.74, 6) is 2.46. The number of nitrogens with zero attached hydrogens (tertiary/aromatic N) is 3. The van der Waals surface area contributed by atoms with Crippen molar-refractivity contribution in [3.05, 3.63) is 48.4 Å². The third kappa shape index (κ3) is 1.96. The molecule has 1 aliphatic rings. The topological polar surface area (TPSA) is 63.5 Å². The van der Waals surface area contributed by atoms with Crippen molar-refractivity contribution < 1.29 is 4.74 Å². The number of ether oxygens (including phenoxy) is 1. The fourth-order valence-corrected chi connectivity index (χ4v) is 2.60. The molecule has 3 heterocycles. The molecule has 4 rings (SSSR count). The molecule has 6 heteroatoms. The van der Waals surface area contributed by atoms with Gasteiger partial charge in [-0.05, 0) is 6.07 Å². The van der Waals surface area contributed by atoms with Crippen LogP contribution in [0.1, 0.15) is 11.6 Å². The van der Waals surface area contributed by atoms with Crippen molar-refractivity contribution in [3.8, 4) is 5.75 Å². The summed E-state index contributed by atoms with van der Waals surface area (Å²) in [6, 6.07) is 8.14. The van der Waals surface area contributed by atoms with Crippen LogP contribution in [-0.2, 0) is 0 Å². The molecule has 1 atom stereocenters. The average molecular weight is 281 g/mol. The fourth-order valence-electron chi connectivity index (χ4n) is 2.60. The molecule has 0 spiro atoms. The number of nitrogens with one attached hydrogen (secondary N) is 2. The summed E-state index contributed by atoms with van der Waals surface area (Å²) in [5, 5.41) is 6.50. The quantitative estimate of drug-likeness (QED) is 0.771. The molecule has 0 saturated heterocycles. The highest BCUT2D eigenvalue weighted by Gasteiger charge is 2.24. The summed E-state index contributed by atoms with van der Waals surface area (Å²) < 4.78 is 7.65. The molecule has 2 N–H and O–H groups in total. The zero-order chi connectivity index (χ0) is 14.2. The van der Waals surface area contributed by atoms with Gasteiger partial charge in [0.2, 0.25) is 0 Å². The molecule has 0 radical (unpaired) electrons. The van der Waals surface area contributed by atoms with Crippen LogP contribution in [0.2, 0.25) is 0 Å². The first kappa shape index (κ1) is 12.0. The minimum absolute atomic E-state index is 0.0845. The lowest BCUT2D eigenvalue weighted by molar-refractivity contribution is 0.339. The van der Waals surface area contributed by atoms with E-state index in [4.69, 9.17) is 4.74 Å². The SMILES string of the molecule is CNc1cn2ccnc2c(NC2COc3ccccc32)n1. The normalized spacial score (nSPS) is 16.5. The highest BCUT2D eigenvalue weighted by atomic mass is 16.5. The van der Waals surface area contributed by atoms with Gasteiger partial charge in [-0.2, -0.15) is 0 Å². The predicted molar refractivity (Wildman–Crippen MR) is 80.8 cm³/mol. The summed E-state index contributed by atoms with van der Waals surface area (Å²) in [5.41, 5.74) is 1.96. The second-order valence-electron chi connectivity index (χ2n) is 4.93. The standard InChI is InChI=1S/C15H15N5O/c1-16-13-8-20-7-6-17-15(20)14(19-13)18-11-9-21-12-5-3-2-4-10(11)12/h2-8,11,16H,9H2,1H3,(H,18,19). The van der Waals surface area contributed by atoms with E-state index in [9.17, 15) is 0 Å². The molecule has 0 aliphatic carbocycles. The van der Waals surface area contributed by atoms with E-state index in [0.717, 1.165) is 28.6 Å². The van der Waals surface area contributed by atoms with E-state index in [1.54, 1.807) is 6.20 Å². The predicted octanol–water partition coefficient (Wildman–Crippen LogP) is 2.32. The Morgan fingerprint density at radius 2 is 2.24 bits per heavy atom. The van der Waals surface area contributed by atoms with Gasteiger partial charge in [-0.25, -0.2) is 9.97 Å². The van der Waals surface area contributed by atoms with E-state index >= 15 is 0 Å². The van der Waals surface area contributed by atoms with Crippen LogP contribution in [0.5, 0.6) is 5.75 Å². The Balaban J connectivity index is 1.73. The third-order valence-corrected chi connectivity index (χ3v) is 3.64. The molecular formula is C15H15N5O. The number of rotatable bonds is 3. The Labute approximate surface area is 121 Å². The number of anilines is 2. The minimum Gasteiger partial charge on any atom is -0.491 e. The van der Waals surface area contributed by atoms with Crippen molar-refractivity contribution in [2.75, 3.05) is 24.3 Å². The van der Waals surface area contributed by atoms with E-state index < -0.39 is 0 Å². The Hall–Kier alpha value is -2.76. The molecule has 6 nitrogen and oxygen atoms in total. The van der Waals surface area contributed by atoms with E-state index in [1.165, 1.54) is 0 Å². The highest BCUT2D eigenvalue weighted by molar-refractivity contribution is 5.66. The van der Waals surface area contributed by atoms with Gasteiger partial charge in [0.15, 0.2) is 11.5 Å². The molecule has 2 aromatic heterocycles. The van der Waals surface area contributed by atoms with Crippen LogP contribution in [0.3, 0.4) is 0 Å². The number of imidazole rings is 1.